The van der Waals surface area contributed by atoms with Gasteiger partial charge in [-0.15, -0.1) is 0 Å². The van der Waals surface area contributed by atoms with Gasteiger partial charge in [-0.25, -0.2) is 0 Å². The van der Waals surface area contributed by atoms with Gasteiger partial charge in [0.05, 0.1) is 23.6 Å². The molecule has 2 aromatic carbocycles. The molecule has 7 heteroatoms. The summed E-state index contributed by atoms with van der Waals surface area (Å²) >= 11 is 6.07. The van der Waals surface area contributed by atoms with Crippen LogP contribution >= 0.6 is 11.6 Å². The van der Waals surface area contributed by atoms with Crippen molar-refractivity contribution in [2.24, 2.45) is 0 Å². The van der Waals surface area contributed by atoms with E-state index in [4.69, 9.17) is 20.8 Å². The Morgan fingerprint density at radius 3 is 2.62 bits per heavy atom. The van der Waals surface area contributed by atoms with Crippen molar-refractivity contribution in [3.8, 4) is 5.75 Å². The summed E-state index contributed by atoms with van der Waals surface area (Å²) in [5, 5.41) is 10.0. The van der Waals surface area contributed by atoms with Crippen LogP contribution in [0.5, 0.6) is 5.75 Å². The maximum Gasteiger partial charge on any atom is 0.290 e. The summed E-state index contributed by atoms with van der Waals surface area (Å²) in [5.41, 5.74) is 1.11. The molecule has 1 aliphatic heterocycles. The Bertz CT molecular complexity index is 1120. The smallest absolute Gasteiger partial charge is 0.290 e. The normalized spacial score (nSPS) is 15.8. The molecule has 1 amide bonds. The number of benzene rings is 2. The lowest BCUT2D eigenvalue weighted by atomic mass is 9.98. The minimum atomic E-state index is -0.598. The minimum absolute atomic E-state index is 0.0432. The third-order valence-corrected chi connectivity index (χ3v) is 5.23. The van der Waals surface area contributed by atoms with Crippen LogP contribution < -0.4 is 10.2 Å². The first-order chi connectivity index (χ1) is 14.0. The van der Waals surface area contributed by atoms with Gasteiger partial charge in [-0.3, -0.25) is 9.59 Å². The number of ether oxygens (including phenoxy) is 1. The Morgan fingerprint density at radius 2 is 1.93 bits per heavy atom. The standard InChI is InChI=1S/C22H20ClNO5/c1-2-28-15-7-4-13(5-8-15)19-18-20(26)16-12-14(23)6-9-17(16)29-21(18)22(27)24(19)10-3-11-25/h4-9,12,19,25H,2-3,10-11H2,1H3. The Balaban J connectivity index is 1.90. The van der Waals surface area contributed by atoms with Crippen LogP contribution in [-0.2, 0) is 0 Å². The van der Waals surface area contributed by atoms with E-state index in [-0.39, 0.29) is 23.7 Å². The third kappa shape index (κ3) is 3.39. The molecular weight excluding hydrogens is 394 g/mol. The highest BCUT2D eigenvalue weighted by Gasteiger charge is 2.42. The number of hydrogen-bond acceptors (Lipinski definition) is 5. The largest absolute Gasteiger partial charge is 0.494 e. The van der Waals surface area contributed by atoms with Crippen LogP contribution in [0.15, 0.2) is 51.7 Å². The van der Waals surface area contributed by atoms with E-state index in [0.717, 1.165) is 5.56 Å². The van der Waals surface area contributed by atoms with Crippen LogP contribution in [0.4, 0.5) is 0 Å². The first-order valence-corrected chi connectivity index (χ1v) is 9.83. The Morgan fingerprint density at radius 1 is 1.17 bits per heavy atom. The average Bonchev–Trinajstić information content (AvgIpc) is 3.00. The molecule has 0 spiro atoms. The zero-order chi connectivity index (χ0) is 20.5. The molecule has 1 aromatic heterocycles. The fraction of sp³-hybridized carbons (Fsp3) is 0.273. The fourth-order valence-corrected chi connectivity index (χ4v) is 3.90. The maximum absolute atomic E-state index is 13.3. The highest BCUT2D eigenvalue weighted by atomic mass is 35.5. The number of aliphatic hydroxyl groups excluding tert-OH is 1. The first kappa shape index (κ1) is 19.5. The van der Waals surface area contributed by atoms with Crippen LogP contribution in [0, 0.1) is 0 Å². The van der Waals surface area contributed by atoms with Crippen molar-refractivity contribution in [3.63, 3.8) is 0 Å². The van der Waals surface area contributed by atoms with Crippen molar-refractivity contribution in [2.75, 3.05) is 19.8 Å². The van der Waals surface area contributed by atoms with Gasteiger partial charge in [0.2, 0.25) is 5.76 Å². The SMILES string of the molecule is CCOc1ccc(C2c3c(oc4ccc(Cl)cc4c3=O)C(=O)N2CCCO)cc1. The second-order valence-corrected chi connectivity index (χ2v) is 7.23. The van der Waals surface area contributed by atoms with E-state index < -0.39 is 6.04 Å². The molecular formula is C22H20ClNO5. The number of hydrogen-bond donors (Lipinski definition) is 1. The van der Waals surface area contributed by atoms with Gasteiger partial charge in [0.15, 0.2) is 5.43 Å². The van der Waals surface area contributed by atoms with E-state index in [2.05, 4.69) is 0 Å². The summed E-state index contributed by atoms with van der Waals surface area (Å²) in [5.74, 6) is 0.392. The van der Waals surface area contributed by atoms with Crippen LogP contribution in [-0.4, -0.2) is 35.7 Å². The van der Waals surface area contributed by atoms with E-state index in [1.807, 2.05) is 31.2 Å². The van der Waals surface area contributed by atoms with Gasteiger partial charge in [-0.05, 0) is 49.2 Å². The highest BCUT2D eigenvalue weighted by Crippen LogP contribution is 2.38. The van der Waals surface area contributed by atoms with E-state index in [0.29, 0.717) is 46.9 Å². The van der Waals surface area contributed by atoms with Crippen molar-refractivity contribution < 1.29 is 19.1 Å². The number of carbonyl (C=O) groups is 1. The molecule has 4 rings (SSSR count). The predicted octanol–water partition coefficient (Wildman–Crippen LogP) is 3.77. The lowest BCUT2D eigenvalue weighted by molar-refractivity contribution is 0.0716. The second kappa shape index (κ2) is 7.89. The van der Waals surface area contributed by atoms with Gasteiger partial charge in [0.1, 0.15) is 11.3 Å². The van der Waals surface area contributed by atoms with Gasteiger partial charge in [-0.2, -0.15) is 0 Å². The quantitative estimate of drug-likeness (QED) is 0.665. The molecule has 150 valence electrons. The average molecular weight is 414 g/mol. The number of aliphatic hydroxyl groups is 1. The lowest BCUT2D eigenvalue weighted by Crippen LogP contribution is -2.31. The fourth-order valence-electron chi connectivity index (χ4n) is 3.72. The molecule has 0 bridgehead atoms. The summed E-state index contributed by atoms with van der Waals surface area (Å²) < 4.78 is 11.3. The molecule has 0 saturated heterocycles. The summed E-state index contributed by atoms with van der Waals surface area (Å²) in [6.07, 6.45) is 0.396. The summed E-state index contributed by atoms with van der Waals surface area (Å²) in [6, 6.07) is 11.5. The molecule has 1 N–H and O–H groups in total. The molecule has 1 unspecified atom stereocenters. The van der Waals surface area contributed by atoms with E-state index in [1.54, 1.807) is 23.1 Å². The summed E-state index contributed by atoms with van der Waals surface area (Å²) in [4.78, 5) is 28.0. The summed E-state index contributed by atoms with van der Waals surface area (Å²) in [6.45, 7) is 2.68. The van der Waals surface area contributed by atoms with Crippen LogP contribution in [0.3, 0.4) is 0 Å². The van der Waals surface area contributed by atoms with Crippen LogP contribution in [0.1, 0.15) is 41.1 Å². The molecule has 2 heterocycles. The number of fused-ring (bicyclic) bond motifs is 2. The molecule has 6 nitrogen and oxygen atoms in total. The number of nitrogens with zero attached hydrogens (tertiary/aromatic N) is 1. The number of halogens is 1. The number of rotatable bonds is 6. The Labute approximate surface area is 172 Å². The highest BCUT2D eigenvalue weighted by molar-refractivity contribution is 6.31. The van der Waals surface area contributed by atoms with Gasteiger partial charge < -0.3 is 19.2 Å². The predicted molar refractivity (Wildman–Crippen MR) is 110 cm³/mol. The molecule has 0 radical (unpaired) electrons. The van der Waals surface area contributed by atoms with Gasteiger partial charge >= 0.3 is 0 Å². The van der Waals surface area contributed by atoms with Gasteiger partial charge in [0, 0.05) is 18.2 Å². The third-order valence-electron chi connectivity index (χ3n) is 4.99. The molecule has 1 atom stereocenters. The van der Waals surface area contributed by atoms with Crippen molar-refractivity contribution >= 4 is 28.5 Å². The molecule has 0 fully saturated rings. The van der Waals surface area contributed by atoms with Gasteiger partial charge in [-0.1, -0.05) is 23.7 Å². The second-order valence-electron chi connectivity index (χ2n) is 6.79. The molecule has 1 aliphatic rings. The van der Waals surface area contributed by atoms with Crippen molar-refractivity contribution in [2.45, 2.75) is 19.4 Å². The molecule has 29 heavy (non-hydrogen) atoms. The number of amides is 1. The first-order valence-electron chi connectivity index (χ1n) is 9.46. The van der Waals surface area contributed by atoms with Gasteiger partial charge in [0.25, 0.3) is 5.91 Å². The maximum atomic E-state index is 13.3. The van der Waals surface area contributed by atoms with Crippen molar-refractivity contribution in [1.82, 2.24) is 4.90 Å². The van der Waals surface area contributed by atoms with Crippen LogP contribution in [0.2, 0.25) is 5.02 Å². The molecule has 0 saturated carbocycles. The molecule has 3 aromatic rings. The van der Waals surface area contributed by atoms with Crippen LogP contribution in [0.25, 0.3) is 11.0 Å². The minimum Gasteiger partial charge on any atom is -0.494 e. The summed E-state index contributed by atoms with van der Waals surface area (Å²) in [7, 11) is 0. The lowest BCUT2D eigenvalue weighted by Gasteiger charge is -2.25. The zero-order valence-corrected chi connectivity index (χ0v) is 16.6. The number of carbonyl (C=O) groups excluding carboxylic acids is 1. The molecule has 0 aliphatic carbocycles. The van der Waals surface area contributed by atoms with Crippen molar-refractivity contribution in [1.29, 1.82) is 0 Å². The van der Waals surface area contributed by atoms with E-state index >= 15 is 0 Å². The topological polar surface area (TPSA) is 80.0 Å². The zero-order valence-electron chi connectivity index (χ0n) is 15.9. The van der Waals surface area contributed by atoms with E-state index in [1.165, 1.54) is 0 Å². The monoisotopic (exact) mass is 413 g/mol. The Hall–Kier alpha value is -2.83. The van der Waals surface area contributed by atoms with Crippen molar-refractivity contribution in [3.05, 3.63) is 74.6 Å². The van der Waals surface area contributed by atoms with E-state index in [9.17, 15) is 14.7 Å². The Kier molecular flexibility index (Phi) is 5.30.